The van der Waals surface area contributed by atoms with Crippen LogP contribution in [0.15, 0.2) is 47.2 Å². The fourth-order valence-corrected chi connectivity index (χ4v) is 1.73. The molecule has 0 atom stereocenters. The summed E-state index contributed by atoms with van der Waals surface area (Å²) < 4.78 is 2.30. The zero-order valence-corrected chi connectivity index (χ0v) is 9.52. The first-order valence-electron chi connectivity index (χ1n) is 4.53. The van der Waals surface area contributed by atoms with Crippen molar-refractivity contribution >= 4 is 21.8 Å². The zero-order chi connectivity index (χ0) is 10.7. The summed E-state index contributed by atoms with van der Waals surface area (Å²) in [6, 6.07) is 9.41. The van der Waals surface area contributed by atoms with E-state index in [1.54, 1.807) is 18.5 Å². The van der Waals surface area contributed by atoms with E-state index in [9.17, 15) is 4.79 Å². The first-order valence-corrected chi connectivity index (χ1v) is 5.33. The minimum atomic E-state index is -0.0353. The SMILES string of the molecule is O=C(Cc1ccccc1Br)n1cccn1. The molecule has 4 heteroatoms. The highest BCUT2D eigenvalue weighted by Gasteiger charge is 2.07. The lowest BCUT2D eigenvalue weighted by Crippen LogP contribution is -2.14. The van der Waals surface area contributed by atoms with Crippen LogP contribution in [-0.4, -0.2) is 15.7 Å². The van der Waals surface area contributed by atoms with E-state index in [1.807, 2.05) is 24.3 Å². The molecule has 0 fully saturated rings. The van der Waals surface area contributed by atoms with Crippen LogP contribution in [0.25, 0.3) is 0 Å². The quantitative estimate of drug-likeness (QED) is 0.836. The average molecular weight is 265 g/mol. The fraction of sp³-hybridized carbons (Fsp3) is 0.0909. The number of aromatic nitrogens is 2. The van der Waals surface area contributed by atoms with E-state index in [4.69, 9.17) is 0 Å². The summed E-state index contributed by atoms with van der Waals surface area (Å²) in [5.41, 5.74) is 0.970. The number of hydrogen-bond donors (Lipinski definition) is 0. The van der Waals surface area contributed by atoms with Gasteiger partial charge in [-0.3, -0.25) is 4.79 Å². The van der Waals surface area contributed by atoms with Gasteiger partial charge in [0.05, 0.1) is 6.42 Å². The zero-order valence-electron chi connectivity index (χ0n) is 7.93. The maximum Gasteiger partial charge on any atom is 0.251 e. The third-order valence-electron chi connectivity index (χ3n) is 2.06. The second-order valence-electron chi connectivity index (χ2n) is 3.11. The molecule has 1 aromatic heterocycles. The van der Waals surface area contributed by atoms with Gasteiger partial charge in [0.15, 0.2) is 0 Å². The van der Waals surface area contributed by atoms with E-state index in [-0.39, 0.29) is 5.91 Å². The Morgan fingerprint density at radius 1 is 1.33 bits per heavy atom. The number of benzene rings is 1. The molecule has 0 aliphatic heterocycles. The van der Waals surface area contributed by atoms with Crippen LogP contribution in [0.2, 0.25) is 0 Å². The summed E-state index contributed by atoms with van der Waals surface area (Å²) in [4.78, 5) is 11.7. The van der Waals surface area contributed by atoms with E-state index in [0.717, 1.165) is 10.0 Å². The lowest BCUT2D eigenvalue weighted by Gasteiger charge is -2.03. The molecule has 0 saturated carbocycles. The van der Waals surface area contributed by atoms with E-state index < -0.39 is 0 Å². The first kappa shape index (κ1) is 10.1. The number of rotatable bonds is 2. The van der Waals surface area contributed by atoms with Gasteiger partial charge in [-0.2, -0.15) is 5.10 Å². The Balaban J connectivity index is 2.17. The number of carbonyl (C=O) groups excluding carboxylic acids is 1. The molecule has 0 bridgehead atoms. The normalized spacial score (nSPS) is 10.2. The van der Waals surface area contributed by atoms with E-state index >= 15 is 0 Å². The van der Waals surface area contributed by atoms with Gasteiger partial charge >= 0.3 is 0 Å². The van der Waals surface area contributed by atoms with Crippen LogP contribution in [0.5, 0.6) is 0 Å². The molecule has 0 spiro atoms. The summed E-state index contributed by atoms with van der Waals surface area (Å²) in [6.07, 6.45) is 3.60. The maximum absolute atomic E-state index is 11.7. The van der Waals surface area contributed by atoms with Gasteiger partial charge in [0, 0.05) is 16.9 Å². The van der Waals surface area contributed by atoms with Crippen molar-refractivity contribution in [2.75, 3.05) is 0 Å². The molecular formula is C11H9BrN2O. The molecule has 0 unspecified atom stereocenters. The second kappa shape index (κ2) is 4.40. The van der Waals surface area contributed by atoms with Crippen LogP contribution in [0, 0.1) is 0 Å². The topological polar surface area (TPSA) is 34.9 Å². The Kier molecular flexibility index (Phi) is 2.97. The van der Waals surface area contributed by atoms with Crippen molar-refractivity contribution in [1.29, 1.82) is 0 Å². The van der Waals surface area contributed by atoms with Crippen LogP contribution in [0.4, 0.5) is 0 Å². The minimum Gasteiger partial charge on any atom is -0.272 e. The van der Waals surface area contributed by atoms with Gasteiger partial charge in [-0.15, -0.1) is 0 Å². The predicted octanol–water partition coefficient (Wildman–Crippen LogP) is 2.53. The van der Waals surface area contributed by atoms with Crippen molar-refractivity contribution in [3.63, 3.8) is 0 Å². The summed E-state index contributed by atoms with van der Waals surface area (Å²) in [6.45, 7) is 0. The van der Waals surface area contributed by atoms with Crippen LogP contribution >= 0.6 is 15.9 Å². The molecular weight excluding hydrogens is 256 g/mol. The molecule has 76 valence electrons. The van der Waals surface area contributed by atoms with Crippen LogP contribution in [0.3, 0.4) is 0 Å². The van der Waals surface area contributed by atoms with Crippen molar-refractivity contribution in [3.05, 3.63) is 52.8 Å². The van der Waals surface area contributed by atoms with E-state index in [1.165, 1.54) is 4.68 Å². The summed E-state index contributed by atoms with van der Waals surface area (Å²) >= 11 is 3.41. The molecule has 0 amide bonds. The highest BCUT2D eigenvalue weighted by molar-refractivity contribution is 9.10. The Hall–Kier alpha value is -1.42. The molecule has 1 aromatic carbocycles. The van der Waals surface area contributed by atoms with Crippen LogP contribution in [0.1, 0.15) is 10.4 Å². The number of carbonyl (C=O) groups is 1. The Bertz CT molecular complexity index is 465. The summed E-state index contributed by atoms with van der Waals surface area (Å²) in [7, 11) is 0. The van der Waals surface area contributed by atoms with Crippen molar-refractivity contribution in [1.82, 2.24) is 9.78 Å². The molecule has 0 aliphatic rings. The second-order valence-corrected chi connectivity index (χ2v) is 3.97. The van der Waals surface area contributed by atoms with E-state index in [2.05, 4.69) is 21.0 Å². The van der Waals surface area contributed by atoms with Crippen molar-refractivity contribution in [3.8, 4) is 0 Å². The Morgan fingerprint density at radius 3 is 2.80 bits per heavy atom. The van der Waals surface area contributed by atoms with Gasteiger partial charge in [0.1, 0.15) is 0 Å². The number of hydrogen-bond acceptors (Lipinski definition) is 2. The van der Waals surface area contributed by atoms with Crippen LogP contribution in [-0.2, 0) is 6.42 Å². The molecule has 15 heavy (non-hydrogen) atoms. The Morgan fingerprint density at radius 2 is 2.13 bits per heavy atom. The van der Waals surface area contributed by atoms with Gasteiger partial charge < -0.3 is 0 Å². The smallest absolute Gasteiger partial charge is 0.251 e. The highest BCUT2D eigenvalue weighted by atomic mass is 79.9. The third kappa shape index (κ3) is 2.33. The maximum atomic E-state index is 11.7. The standard InChI is InChI=1S/C11H9BrN2O/c12-10-5-2-1-4-9(10)8-11(15)14-7-3-6-13-14/h1-7H,8H2. The molecule has 3 nitrogen and oxygen atoms in total. The molecule has 0 saturated heterocycles. The van der Waals surface area contributed by atoms with Crippen LogP contribution < -0.4 is 0 Å². The minimum absolute atomic E-state index is 0.0353. The molecule has 1 heterocycles. The molecule has 2 aromatic rings. The lowest BCUT2D eigenvalue weighted by atomic mass is 10.1. The summed E-state index contributed by atoms with van der Waals surface area (Å²) in [5.74, 6) is -0.0353. The fourth-order valence-electron chi connectivity index (χ4n) is 1.30. The van der Waals surface area contributed by atoms with Crippen molar-refractivity contribution in [2.24, 2.45) is 0 Å². The molecule has 0 aliphatic carbocycles. The lowest BCUT2D eigenvalue weighted by molar-refractivity contribution is 0.0898. The number of halogens is 1. The average Bonchev–Trinajstić information content (AvgIpc) is 2.74. The third-order valence-corrected chi connectivity index (χ3v) is 2.83. The van der Waals surface area contributed by atoms with Crippen molar-refractivity contribution < 1.29 is 4.79 Å². The monoisotopic (exact) mass is 264 g/mol. The van der Waals surface area contributed by atoms with Gasteiger partial charge in [0.2, 0.25) is 0 Å². The first-order chi connectivity index (χ1) is 7.27. The molecule has 0 N–H and O–H groups in total. The number of nitrogens with zero attached hydrogens (tertiary/aromatic N) is 2. The largest absolute Gasteiger partial charge is 0.272 e. The molecule has 2 rings (SSSR count). The Labute approximate surface area is 95.9 Å². The highest BCUT2D eigenvalue weighted by Crippen LogP contribution is 2.16. The van der Waals surface area contributed by atoms with Gasteiger partial charge in [-0.25, -0.2) is 4.68 Å². The van der Waals surface area contributed by atoms with Gasteiger partial charge in [-0.05, 0) is 17.7 Å². The van der Waals surface area contributed by atoms with Gasteiger partial charge in [-0.1, -0.05) is 34.1 Å². The predicted molar refractivity (Wildman–Crippen MR) is 60.7 cm³/mol. The molecule has 0 radical (unpaired) electrons. The van der Waals surface area contributed by atoms with E-state index in [0.29, 0.717) is 6.42 Å². The van der Waals surface area contributed by atoms with Crippen molar-refractivity contribution in [2.45, 2.75) is 6.42 Å². The van der Waals surface area contributed by atoms with Gasteiger partial charge in [0.25, 0.3) is 5.91 Å². The summed E-state index contributed by atoms with van der Waals surface area (Å²) in [5, 5.41) is 3.89.